The minimum atomic E-state index is -0.366. The summed E-state index contributed by atoms with van der Waals surface area (Å²) in [5.41, 5.74) is 2.47. The first kappa shape index (κ1) is 24.3. The maximum atomic E-state index is 12.5. The number of carbonyl (C=O) groups is 1. The van der Waals surface area contributed by atoms with Crippen molar-refractivity contribution in [1.82, 2.24) is 9.78 Å². The molecule has 0 bridgehead atoms. The van der Waals surface area contributed by atoms with Crippen LogP contribution in [0.4, 0.5) is 10.8 Å². The molecule has 0 amide bonds. The fraction of sp³-hybridized carbons (Fsp3) is 0.318. The van der Waals surface area contributed by atoms with Gasteiger partial charge in [-0.1, -0.05) is 47.8 Å². The van der Waals surface area contributed by atoms with Crippen molar-refractivity contribution < 1.29 is 9.53 Å². The molecule has 1 aliphatic rings. The van der Waals surface area contributed by atoms with E-state index in [0.29, 0.717) is 43.9 Å². The van der Waals surface area contributed by atoms with Gasteiger partial charge in [0.05, 0.1) is 19.2 Å². The lowest BCUT2D eigenvalue weighted by Gasteiger charge is -2.18. The standard InChI is InChI=1S/C22H21Cl3N4O2S2/c1-11-3-6-14-17(7-11)33-20(18(14)21(30)31-2)27-22(32)26-19-16(25)10-29(28-19)9-12-4-5-13(23)8-15(12)24/h4-5,8,10-11H,3,6-7,9H2,1-2H3,(H2,26,27,28,32). The number of nitrogens with zero attached hydrogens (tertiary/aromatic N) is 2. The van der Waals surface area contributed by atoms with Crippen LogP contribution in [0.2, 0.25) is 15.1 Å². The summed E-state index contributed by atoms with van der Waals surface area (Å²) >= 11 is 25.6. The molecule has 1 aromatic carbocycles. The third-order valence-electron chi connectivity index (χ3n) is 5.42. The molecule has 2 heterocycles. The van der Waals surface area contributed by atoms with Crippen molar-refractivity contribution >= 4 is 80.3 Å². The molecular formula is C22H21Cl3N4O2S2. The van der Waals surface area contributed by atoms with E-state index in [2.05, 4.69) is 22.7 Å². The molecule has 1 aliphatic carbocycles. The largest absolute Gasteiger partial charge is 0.465 e. The van der Waals surface area contributed by atoms with Gasteiger partial charge < -0.3 is 15.4 Å². The second-order valence-corrected chi connectivity index (χ2v) is 10.6. The van der Waals surface area contributed by atoms with E-state index in [0.717, 1.165) is 30.4 Å². The van der Waals surface area contributed by atoms with Crippen molar-refractivity contribution in [1.29, 1.82) is 0 Å². The van der Waals surface area contributed by atoms with Crippen molar-refractivity contribution in [3.05, 3.63) is 61.0 Å². The predicted octanol–water partition coefficient (Wildman–Crippen LogP) is 6.67. The van der Waals surface area contributed by atoms with Crippen molar-refractivity contribution in [3.8, 4) is 0 Å². The number of thiophene rings is 1. The Bertz CT molecular complexity index is 1220. The monoisotopic (exact) mass is 542 g/mol. The molecule has 174 valence electrons. The first-order chi connectivity index (χ1) is 15.7. The molecule has 2 aromatic heterocycles. The number of fused-ring (bicyclic) bond motifs is 1. The van der Waals surface area contributed by atoms with Crippen molar-refractivity contribution in [2.45, 2.75) is 32.7 Å². The van der Waals surface area contributed by atoms with Crippen molar-refractivity contribution in [2.24, 2.45) is 5.92 Å². The molecule has 11 heteroatoms. The lowest BCUT2D eigenvalue weighted by molar-refractivity contribution is 0.0601. The molecule has 0 radical (unpaired) electrons. The summed E-state index contributed by atoms with van der Waals surface area (Å²) in [5.74, 6) is 0.611. The average molecular weight is 544 g/mol. The van der Waals surface area contributed by atoms with Crippen LogP contribution in [0.15, 0.2) is 24.4 Å². The van der Waals surface area contributed by atoms with E-state index >= 15 is 0 Å². The molecule has 0 spiro atoms. The van der Waals surface area contributed by atoms with Crippen LogP contribution in [0.3, 0.4) is 0 Å². The van der Waals surface area contributed by atoms with Gasteiger partial charge in [0.15, 0.2) is 10.9 Å². The van der Waals surface area contributed by atoms with Crippen LogP contribution in [0, 0.1) is 5.92 Å². The third kappa shape index (κ3) is 5.46. The molecule has 33 heavy (non-hydrogen) atoms. The summed E-state index contributed by atoms with van der Waals surface area (Å²) < 4.78 is 6.69. The zero-order valence-electron chi connectivity index (χ0n) is 17.9. The summed E-state index contributed by atoms with van der Waals surface area (Å²) in [6, 6.07) is 5.29. The molecule has 4 rings (SSSR count). The molecule has 1 atom stereocenters. The lowest BCUT2D eigenvalue weighted by Crippen LogP contribution is -2.21. The number of halogens is 3. The number of anilines is 2. The molecular weight excluding hydrogens is 523 g/mol. The van der Waals surface area contributed by atoms with Crippen LogP contribution in [0.1, 0.15) is 39.7 Å². The Morgan fingerprint density at radius 3 is 2.82 bits per heavy atom. The number of benzene rings is 1. The van der Waals surface area contributed by atoms with E-state index in [4.69, 9.17) is 51.8 Å². The van der Waals surface area contributed by atoms with Crippen LogP contribution in [-0.4, -0.2) is 28.0 Å². The van der Waals surface area contributed by atoms with Gasteiger partial charge in [-0.2, -0.15) is 5.10 Å². The molecule has 3 aromatic rings. The second kappa shape index (κ2) is 10.2. The molecule has 0 saturated heterocycles. The number of hydrogen-bond acceptors (Lipinski definition) is 5. The smallest absolute Gasteiger partial charge is 0.341 e. The highest BCUT2D eigenvalue weighted by Crippen LogP contribution is 2.40. The normalized spacial score (nSPS) is 15.1. The first-order valence-corrected chi connectivity index (χ1v) is 12.6. The maximum absolute atomic E-state index is 12.5. The Labute approximate surface area is 216 Å². The topological polar surface area (TPSA) is 68.2 Å². The number of aromatic nitrogens is 2. The first-order valence-electron chi connectivity index (χ1n) is 10.2. The summed E-state index contributed by atoms with van der Waals surface area (Å²) in [7, 11) is 1.39. The van der Waals surface area contributed by atoms with Gasteiger partial charge in [-0.15, -0.1) is 11.3 Å². The minimum absolute atomic E-state index is 0.281. The van der Waals surface area contributed by atoms with Gasteiger partial charge in [-0.05, 0) is 60.7 Å². The summed E-state index contributed by atoms with van der Waals surface area (Å²) in [4.78, 5) is 13.7. The number of nitrogens with one attached hydrogen (secondary N) is 2. The van der Waals surface area contributed by atoms with Gasteiger partial charge >= 0.3 is 5.97 Å². The lowest BCUT2D eigenvalue weighted by atomic mass is 9.88. The number of rotatable bonds is 5. The quantitative estimate of drug-likeness (QED) is 0.277. The Morgan fingerprint density at radius 1 is 1.30 bits per heavy atom. The Morgan fingerprint density at radius 2 is 2.09 bits per heavy atom. The highest BCUT2D eigenvalue weighted by Gasteiger charge is 2.28. The number of thiocarbonyl (C=S) groups is 1. The number of carbonyl (C=O) groups excluding carboxylic acids is 1. The number of ether oxygens (including phenoxy) is 1. The van der Waals surface area contributed by atoms with Crippen molar-refractivity contribution in [3.63, 3.8) is 0 Å². The van der Waals surface area contributed by atoms with Crippen LogP contribution in [0.5, 0.6) is 0 Å². The van der Waals surface area contributed by atoms with E-state index in [1.54, 1.807) is 23.0 Å². The highest BCUT2D eigenvalue weighted by atomic mass is 35.5. The summed E-state index contributed by atoms with van der Waals surface area (Å²) in [5, 5.41) is 13.1. The van der Waals surface area contributed by atoms with Crippen LogP contribution in [-0.2, 0) is 24.1 Å². The fourth-order valence-electron chi connectivity index (χ4n) is 3.79. The Hall–Kier alpha value is -1.84. The third-order valence-corrected chi connectivity index (χ3v) is 7.66. The van der Waals surface area contributed by atoms with Gasteiger partial charge in [0.1, 0.15) is 10.0 Å². The van der Waals surface area contributed by atoms with E-state index in [1.807, 2.05) is 6.07 Å². The summed E-state index contributed by atoms with van der Waals surface area (Å²) in [6.45, 7) is 2.63. The number of methoxy groups -OCH3 is 1. The molecule has 0 aliphatic heterocycles. The maximum Gasteiger partial charge on any atom is 0.341 e. The fourth-order valence-corrected chi connectivity index (χ4v) is 6.12. The Kier molecular flexibility index (Phi) is 7.50. The van der Waals surface area contributed by atoms with Gasteiger partial charge in [-0.25, -0.2) is 4.79 Å². The van der Waals surface area contributed by atoms with E-state index < -0.39 is 0 Å². The predicted molar refractivity (Wildman–Crippen MR) is 139 cm³/mol. The molecule has 6 nitrogen and oxygen atoms in total. The van der Waals surface area contributed by atoms with Crippen LogP contribution >= 0.6 is 58.4 Å². The van der Waals surface area contributed by atoms with Crippen LogP contribution in [0.25, 0.3) is 0 Å². The Balaban J connectivity index is 1.50. The van der Waals surface area contributed by atoms with Gasteiger partial charge in [0, 0.05) is 21.1 Å². The molecule has 0 fully saturated rings. The van der Waals surface area contributed by atoms with E-state index in [-0.39, 0.29) is 11.1 Å². The SMILES string of the molecule is COC(=O)c1c(NC(=S)Nc2nn(Cc3ccc(Cl)cc3Cl)cc2Cl)sc2c1CCC(C)C2. The van der Waals surface area contributed by atoms with Gasteiger partial charge in [0.25, 0.3) is 0 Å². The zero-order chi connectivity index (χ0) is 23.7. The van der Waals surface area contributed by atoms with E-state index in [1.165, 1.54) is 23.3 Å². The van der Waals surface area contributed by atoms with Gasteiger partial charge in [-0.3, -0.25) is 4.68 Å². The average Bonchev–Trinajstić information content (AvgIpc) is 3.28. The molecule has 2 N–H and O–H groups in total. The van der Waals surface area contributed by atoms with Gasteiger partial charge in [0.2, 0.25) is 0 Å². The molecule has 1 unspecified atom stereocenters. The minimum Gasteiger partial charge on any atom is -0.465 e. The zero-order valence-corrected chi connectivity index (χ0v) is 21.8. The van der Waals surface area contributed by atoms with Crippen molar-refractivity contribution in [2.75, 3.05) is 17.7 Å². The second-order valence-electron chi connectivity index (χ2n) is 7.89. The summed E-state index contributed by atoms with van der Waals surface area (Å²) in [6.07, 6.45) is 4.52. The number of esters is 1. The highest BCUT2D eigenvalue weighted by molar-refractivity contribution is 7.80. The van der Waals surface area contributed by atoms with E-state index in [9.17, 15) is 4.79 Å². The van der Waals surface area contributed by atoms with Crippen LogP contribution < -0.4 is 10.6 Å². The number of hydrogen-bond donors (Lipinski definition) is 2. The molecule has 0 saturated carbocycles.